The van der Waals surface area contributed by atoms with E-state index in [2.05, 4.69) is 12.0 Å². The standard InChI is InChI=1S/C12H16N2O2/c1-3-10-6-11(14(2)13-10)7-12(15)9-4-5-16-8-9/h4-6,8,12,15H,3,7H2,1-2H3. The number of nitrogens with zero attached hydrogens (tertiary/aromatic N) is 2. The maximum atomic E-state index is 9.97. The first-order valence-electron chi connectivity index (χ1n) is 5.42. The van der Waals surface area contributed by atoms with Crippen molar-refractivity contribution in [2.75, 3.05) is 0 Å². The summed E-state index contributed by atoms with van der Waals surface area (Å²) < 4.78 is 6.77. The van der Waals surface area contributed by atoms with Crippen molar-refractivity contribution in [3.05, 3.63) is 41.6 Å². The Labute approximate surface area is 94.5 Å². The van der Waals surface area contributed by atoms with Crippen molar-refractivity contribution in [1.82, 2.24) is 9.78 Å². The molecule has 0 aliphatic rings. The highest BCUT2D eigenvalue weighted by atomic mass is 16.3. The second-order valence-corrected chi connectivity index (χ2v) is 3.88. The summed E-state index contributed by atoms with van der Waals surface area (Å²) in [6.07, 6.45) is 4.08. The first kappa shape index (κ1) is 11.0. The van der Waals surface area contributed by atoms with Gasteiger partial charge in [-0.05, 0) is 18.6 Å². The molecule has 0 bridgehead atoms. The summed E-state index contributed by atoms with van der Waals surface area (Å²) in [5, 5.41) is 14.3. The minimum Gasteiger partial charge on any atom is -0.472 e. The second-order valence-electron chi connectivity index (χ2n) is 3.88. The zero-order valence-corrected chi connectivity index (χ0v) is 9.55. The summed E-state index contributed by atoms with van der Waals surface area (Å²) in [5.41, 5.74) is 2.89. The van der Waals surface area contributed by atoms with Crippen LogP contribution >= 0.6 is 0 Å². The van der Waals surface area contributed by atoms with Crippen LogP contribution in [0.3, 0.4) is 0 Å². The molecular formula is C12H16N2O2. The highest BCUT2D eigenvalue weighted by Crippen LogP contribution is 2.18. The van der Waals surface area contributed by atoms with E-state index >= 15 is 0 Å². The van der Waals surface area contributed by atoms with E-state index in [9.17, 15) is 5.11 Å². The zero-order valence-electron chi connectivity index (χ0n) is 9.55. The third kappa shape index (κ3) is 2.17. The van der Waals surface area contributed by atoms with E-state index in [-0.39, 0.29) is 0 Å². The number of aliphatic hydroxyl groups excluding tert-OH is 1. The number of aromatic nitrogens is 2. The topological polar surface area (TPSA) is 51.2 Å². The van der Waals surface area contributed by atoms with Gasteiger partial charge in [0.25, 0.3) is 0 Å². The van der Waals surface area contributed by atoms with Gasteiger partial charge in [-0.25, -0.2) is 0 Å². The van der Waals surface area contributed by atoms with Gasteiger partial charge < -0.3 is 9.52 Å². The van der Waals surface area contributed by atoms with Crippen LogP contribution in [-0.2, 0) is 19.9 Å². The van der Waals surface area contributed by atoms with E-state index in [0.717, 1.165) is 23.4 Å². The van der Waals surface area contributed by atoms with Gasteiger partial charge in [0.2, 0.25) is 0 Å². The van der Waals surface area contributed by atoms with Crippen LogP contribution in [0.1, 0.15) is 30.0 Å². The summed E-state index contributed by atoms with van der Waals surface area (Å²) >= 11 is 0. The minimum atomic E-state index is -0.529. The third-order valence-electron chi connectivity index (χ3n) is 2.72. The SMILES string of the molecule is CCc1cc(CC(O)c2ccoc2)n(C)n1. The summed E-state index contributed by atoms with van der Waals surface area (Å²) in [7, 11) is 1.90. The Morgan fingerprint density at radius 1 is 1.56 bits per heavy atom. The number of hydrogen-bond donors (Lipinski definition) is 1. The number of furan rings is 1. The molecule has 0 radical (unpaired) electrons. The van der Waals surface area contributed by atoms with Crippen molar-refractivity contribution in [2.45, 2.75) is 25.9 Å². The minimum absolute atomic E-state index is 0.529. The van der Waals surface area contributed by atoms with E-state index in [1.807, 2.05) is 17.8 Å². The molecule has 4 heteroatoms. The Hall–Kier alpha value is -1.55. The summed E-state index contributed by atoms with van der Waals surface area (Å²) in [5.74, 6) is 0. The smallest absolute Gasteiger partial charge is 0.0960 e. The van der Waals surface area contributed by atoms with E-state index in [0.29, 0.717) is 6.42 Å². The molecule has 16 heavy (non-hydrogen) atoms. The Bertz CT molecular complexity index is 446. The van der Waals surface area contributed by atoms with Crippen LogP contribution in [0.2, 0.25) is 0 Å². The number of aliphatic hydroxyl groups is 1. The molecular weight excluding hydrogens is 204 g/mol. The van der Waals surface area contributed by atoms with Crippen LogP contribution in [0, 0.1) is 0 Å². The predicted octanol–water partition coefficient (Wildman–Crippen LogP) is 1.85. The van der Waals surface area contributed by atoms with Crippen LogP contribution in [0.5, 0.6) is 0 Å². The maximum Gasteiger partial charge on any atom is 0.0960 e. The lowest BCUT2D eigenvalue weighted by Crippen LogP contribution is -2.05. The van der Waals surface area contributed by atoms with Gasteiger partial charge in [-0.1, -0.05) is 6.92 Å². The van der Waals surface area contributed by atoms with Gasteiger partial charge in [-0.15, -0.1) is 0 Å². The molecule has 2 aromatic heterocycles. The first-order chi connectivity index (χ1) is 7.70. The molecule has 0 saturated carbocycles. The molecule has 1 atom stereocenters. The Balaban J connectivity index is 2.11. The van der Waals surface area contributed by atoms with E-state index in [1.165, 1.54) is 0 Å². The second kappa shape index (κ2) is 4.53. The molecule has 2 heterocycles. The Kier molecular flexibility index (Phi) is 3.10. The lowest BCUT2D eigenvalue weighted by molar-refractivity contribution is 0.175. The van der Waals surface area contributed by atoms with Gasteiger partial charge in [-0.2, -0.15) is 5.10 Å². The molecule has 1 unspecified atom stereocenters. The molecule has 2 aromatic rings. The molecule has 0 aromatic carbocycles. The van der Waals surface area contributed by atoms with Crippen molar-refractivity contribution in [3.63, 3.8) is 0 Å². The predicted molar refractivity (Wildman–Crippen MR) is 60.0 cm³/mol. The van der Waals surface area contributed by atoms with Crippen molar-refractivity contribution in [1.29, 1.82) is 0 Å². The molecule has 1 N–H and O–H groups in total. The van der Waals surface area contributed by atoms with E-state index in [1.54, 1.807) is 18.6 Å². The molecule has 2 rings (SSSR count). The number of aryl methyl sites for hydroxylation is 2. The van der Waals surface area contributed by atoms with Gasteiger partial charge in [0, 0.05) is 24.7 Å². The molecule has 0 aliphatic carbocycles. The van der Waals surface area contributed by atoms with E-state index in [4.69, 9.17) is 4.42 Å². The summed E-state index contributed by atoms with van der Waals surface area (Å²) in [6, 6.07) is 3.81. The van der Waals surface area contributed by atoms with Crippen molar-refractivity contribution >= 4 is 0 Å². The van der Waals surface area contributed by atoms with Gasteiger partial charge in [0.15, 0.2) is 0 Å². The Morgan fingerprint density at radius 3 is 2.94 bits per heavy atom. The molecule has 0 amide bonds. The van der Waals surface area contributed by atoms with Crippen LogP contribution in [0.25, 0.3) is 0 Å². The Morgan fingerprint density at radius 2 is 2.38 bits per heavy atom. The average Bonchev–Trinajstić information content (AvgIpc) is 2.88. The number of rotatable bonds is 4. The van der Waals surface area contributed by atoms with Crippen LogP contribution in [0.15, 0.2) is 29.1 Å². The average molecular weight is 220 g/mol. The van der Waals surface area contributed by atoms with Crippen molar-refractivity contribution < 1.29 is 9.52 Å². The molecule has 0 spiro atoms. The summed E-state index contributed by atoms with van der Waals surface area (Å²) in [6.45, 7) is 2.07. The molecule has 86 valence electrons. The van der Waals surface area contributed by atoms with Crippen molar-refractivity contribution in [3.8, 4) is 0 Å². The fourth-order valence-electron chi connectivity index (χ4n) is 1.72. The van der Waals surface area contributed by atoms with Crippen LogP contribution in [0.4, 0.5) is 0 Å². The summed E-state index contributed by atoms with van der Waals surface area (Å²) in [4.78, 5) is 0. The fourth-order valence-corrected chi connectivity index (χ4v) is 1.72. The lowest BCUT2D eigenvalue weighted by Gasteiger charge is -2.07. The lowest BCUT2D eigenvalue weighted by atomic mass is 10.1. The monoisotopic (exact) mass is 220 g/mol. The van der Waals surface area contributed by atoms with Crippen LogP contribution in [-0.4, -0.2) is 14.9 Å². The number of hydrogen-bond acceptors (Lipinski definition) is 3. The normalized spacial score (nSPS) is 12.9. The van der Waals surface area contributed by atoms with E-state index < -0.39 is 6.10 Å². The molecule has 0 aliphatic heterocycles. The highest BCUT2D eigenvalue weighted by Gasteiger charge is 2.13. The van der Waals surface area contributed by atoms with Gasteiger partial charge in [-0.3, -0.25) is 4.68 Å². The van der Waals surface area contributed by atoms with Crippen molar-refractivity contribution in [2.24, 2.45) is 7.05 Å². The fraction of sp³-hybridized carbons (Fsp3) is 0.417. The third-order valence-corrected chi connectivity index (χ3v) is 2.72. The van der Waals surface area contributed by atoms with Gasteiger partial charge in [0.05, 0.1) is 24.3 Å². The molecule has 4 nitrogen and oxygen atoms in total. The molecule has 0 fully saturated rings. The maximum absolute atomic E-state index is 9.97. The van der Waals surface area contributed by atoms with Crippen LogP contribution < -0.4 is 0 Å². The highest BCUT2D eigenvalue weighted by molar-refractivity contribution is 5.16. The molecule has 0 saturated heterocycles. The van der Waals surface area contributed by atoms with Gasteiger partial charge in [0.1, 0.15) is 0 Å². The largest absolute Gasteiger partial charge is 0.472 e. The van der Waals surface area contributed by atoms with Gasteiger partial charge >= 0.3 is 0 Å². The quantitative estimate of drug-likeness (QED) is 0.855. The first-order valence-corrected chi connectivity index (χ1v) is 5.42. The zero-order chi connectivity index (χ0) is 11.5.